The van der Waals surface area contributed by atoms with E-state index in [0.717, 1.165) is 32.1 Å². The first kappa shape index (κ1) is 16.9. The van der Waals surface area contributed by atoms with Crippen molar-refractivity contribution in [3.05, 3.63) is 33.9 Å². The van der Waals surface area contributed by atoms with Crippen LogP contribution in [0.15, 0.2) is 18.2 Å². The van der Waals surface area contributed by atoms with E-state index in [0.29, 0.717) is 0 Å². The maximum atomic E-state index is 11.2. The second kappa shape index (κ2) is 8.24. The highest BCUT2D eigenvalue weighted by molar-refractivity contribution is 5.95. The Kier molecular flexibility index (Phi) is 6.65. The Hall–Kier alpha value is -2.11. The molecular formula is C15H22N2O4. The zero-order chi connectivity index (χ0) is 15.8. The molecule has 0 heterocycles. The first-order chi connectivity index (χ1) is 10.0. The molecule has 2 N–H and O–H groups in total. The second-order valence-electron chi connectivity index (χ2n) is 5.04. The summed E-state index contributed by atoms with van der Waals surface area (Å²) in [5.74, 6) is -1.29. The molecule has 0 aromatic heterocycles. The van der Waals surface area contributed by atoms with Crippen LogP contribution < -0.4 is 5.32 Å². The van der Waals surface area contributed by atoms with E-state index in [1.165, 1.54) is 12.1 Å². The summed E-state index contributed by atoms with van der Waals surface area (Å²) >= 11 is 0. The van der Waals surface area contributed by atoms with Gasteiger partial charge in [-0.05, 0) is 25.0 Å². The molecule has 1 aromatic carbocycles. The molecular weight excluding hydrogens is 272 g/mol. The number of nitro groups is 1. The largest absolute Gasteiger partial charge is 0.477 e. The zero-order valence-corrected chi connectivity index (χ0v) is 12.5. The quantitative estimate of drug-likeness (QED) is 0.529. The van der Waals surface area contributed by atoms with Crippen LogP contribution in [0.3, 0.4) is 0 Å². The molecule has 1 rings (SSSR count). The Bertz CT molecular complexity index is 502. The predicted molar refractivity (Wildman–Crippen MR) is 81.9 cm³/mol. The molecule has 0 radical (unpaired) electrons. The Morgan fingerprint density at radius 2 is 2.05 bits per heavy atom. The van der Waals surface area contributed by atoms with Crippen molar-refractivity contribution in [3.63, 3.8) is 0 Å². The molecule has 1 atom stereocenters. The van der Waals surface area contributed by atoms with Gasteiger partial charge >= 0.3 is 11.7 Å². The van der Waals surface area contributed by atoms with E-state index in [-0.39, 0.29) is 23.0 Å². The van der Waals surface area contributed by atoms with Crippen LogP contribution >= 0.6 is 0 Å². The molecule has 0 aliphatic rings. The Morgan fingerprint density at radius 3 is 2.57 bits per heavy atom. The summed E-state index contributed by atoms with van der Waals surface area (Å²) in [4.78, 5) is 21.7. The lowest BCUT2D eigenvalue weighted by atomic mass is 10.0. The molecule has 0 spiro atoms. The van der Waals surface area contributed by atoms with Crippen LogP contribution in [0.2, 0.25) is 0 Å². The third-order valence-electron chi connectivity index (χ3n) is 3.35. The molecule has 0 bridgehead atoms. The van der Waals surface area contributed by atoms with E-state index in [4.69, 9.17) is 5.11 Å². The van der Waals surface area contributed by atoms with E-state index in [1.807, 2.05) is 0 Å². The topological polar surface area (TPSA) is 92.5 Å². The van der Waals surface area contributed by atoms with Gasteiger partial charge in [-0.1, -0.05) is 39.2 Å². The smallest absolute Gasteiger partial charge is 0.342 e. The molecule has 1 aromatic rings. The van der Waals surface area contributed by atoms with Gasteiger partial charge in [0.25, 0.3) is 0 Å². The van der Waals surface area contributed by atoms with Gasteiger partial charge in [-0.3, -0.25) is 10.1 Å². The standard InChI is InChI=1S/C15H22N2O4/c1-3-5-8-11(7-4-2)16-13-10-6-9-12(15(18)19)14(13)17(20)21/h6,9-11,16H,3-5,7-8H2,1-2H3,(H,18,19). The van der Waals surface area contributed by atoms with Gasteiger partial charge in [-0.2, -0.15) is 0 Å². The van der Waals surface area contributed by atoms with Crippen molar-refractivity contribution < 1.29 is 14.8 Å². The number of anilines is 1. The summed E-state index contributed by atoms with van der Waals surface area (Å²) in [5, 5.41) is 23.4. The van der Waals surface area contributed by atoms with Crippen molar-refractivity contribution in [1.29, 1.82) is 0 Å². The molecule has 0 amide bonds. The monoisotopic (exact) mass is 294 g/mol. The molecule has 21 heavy (non-hydrogen) atoms. The first-order valence-corrected chi connectivity index (χ1v) is 7.28. The van der Waals surface area contributed by atoms with Gasteiger partial charge in [0.2, 0.25) is 0 Å². The first-order valence-electron chi connectivity index (χ1n) is 7.28. The maximum Gasteiger partial charge on any atom is 0.342 e. The van der Waals surface area contributed by atoms with Gasteiger partial charge < -0.3 is 10.4 Å². The van der Waals surface area contributed by atoms with Crippen LogP contribution in [0.5, 0.6) is 0 Å². The number of nitrogens with zero attached hydrogens (tertiary/aromatic N) is 1. The fraction of sp³-hybridized carbons (Fsp3) is 0.533. The van der Waals surface area contributed by atoms with Gasteiger partial charge in [0.05, 0.1) is 4.92 Å². The summed E-state index contributed by atoms with van der Waals surface area (Å²) in [6.07, 6.45) is 4.87. The molecule has 6 heteroatoms. The molecule has 1 unspecified atom stereocenters. The van der Waals surface area contributed by atoms with Gasteiger partial charge in [0.15, 0.2) is 0 Å². The number of aromatic carboxylic acids is 1. The number of nitrogens with one attached hydrogen (secondary N) is 1. The van der Waals surface area contributed by atoms with Crippen molar-refractivity contribution in [2.45, 2.75) is 52.0 Å². The maximum absolute atomic E-state index is 11.2. The summed E-state index contributed by atoms with van der Waals surface area (Å²) in [5.41, 5.74) is -0.354. The van der Waals surface area contributed by atoms with Crippen molar-refractivity contribution in [3.8, 4) is 0 Å². The number of benzene rings is 1. The number of carbonyl (C=O) groups is 1. The van der Waals surface area contributed by atoms with E-state index in [1.54, 1.807) is 6.07 Å². The average molecular weight is 294 g/mol. The van der Waals surface area contributed by atoms with Crippen molar-refractivity contribution >= 4 is 17.3 Å². The number of carboxylic acid groups (broad SMARTS) is 1. The van der Waals surface area contributed by atoms with Crippen molar-refractivity contribution in [2.24, 2.45) is 0 Å². The fourth-order valence-electron chi connectivity index (χ4n) is 2.34. The Labute approximate surface area is 124 Å². The highest BCUT2D eigenvalue weighted by Gasteiger charge is 2.25. The number of hydrogen-bond acceptors (Lipinski definition) is 4. The highest BCUT2D eigenvalue weighted by atomic mass is 16.6. The van der Waals surface area contributed by atoms with Crippen LogP contribution in [-0.4, -0.2) is 22.0 Å². The van der Waals surface area contributed by atoms with Crippen LogP contribution in [0, 0.1) is 10.1 Å². The fourth-order valence-corrected chi connectivity index (χ4v) is 2.34. The van der Waals surface area contributed by atoms with E-state index in [9.17, 15) is 14.9 Å². The summed E-state index contributed by atoms with van der Waals surface area (Å²) < 4.78 is 0. The number of nitro benzene ring substituents is 1. The normalized spacial score (nSPS) is 11.9. The minimum atomic E-state index is -1.29. The van der Waals surface area contributed by atoms with Crippen LogP contribution in [0.1, 0.15) is 56.3 Å². The summed E-state index contributed by atoms with van der Waals surface area (Å²) in [6, 6.07) is 4.48. The number of hydrogen-bond donors (Lipinski definition) is 2. The number of rotatable bonds is 9. The van der Waals surface area contributed by atoms with Gasteiger partial charge in [0.1, 0.15) is 11.3 Å². The third-order valence-corrected chi connectivity index (χ3v) is 3.35. The highest BCUT2D eigenvalue weighted by Crippen LogP contribution is 2.30. The lowest BCUT2D eigenvalue weighted by molar-refractivity contribution is -0.384. The second-order valence-corrected chi connectivity index (χ2v) is 5.04. The molecule has 0 fully saturated rings. The predicted octanol–water partition coefficient (Wildman–Crippen LogP) is 4.06. The van der Waals surface area contributed by atoms with Crippen LogP contribution in [0.25, 0.3) is 0 Å². The van der Waals surface area contributed by atoms with Crippen LogP contribution in [0.4, 0.5) is 11.4 Å². The van der Waals surface area contributed by atoms with Gasteiger partial charge in [-0.15, -0.1) is 0 Å². The number of para-hydroxylation sites is 1. The lowest BCUT2D eigenvalue weighted by Gasteiger charge is -2.19. The molecule has 0 aliphatic heterocycles. The summed E-state index contributed by atoms with van der Waals surface area (Å²) in [7, 11) is 0. The van der Waals surface area contributed by atoms with Crippen molar-refractivity contribution in [2.75, 3.05) is 5.32 Å². The SMILES string of the molecule is CCCCC(CCC)Nc1cccc(C(=O)O)c1[N+](=O)[O-]. The minimum absolute atomic E-state index is 0.123. The molecule has 6 nitrogen and oxygen atoms in total. The van der Waals surface area contributed by atoms with Gasteiger partial charge in [0, 0.05) is 6.04 Å². The summed E-state index contributed by atoms with van der Waals surface area (Å²) in [6.45, 7) is 4.15. The van der Waals surface area contributed by atoms with E-state index in [2.05, 4.69) is 19.2 Å². The average Bonchev–Trinajstić information content (AvgIpc) is 2.44. The Morgan fingerprint density at radius 1 is 1.33 bits per heavy atom. The van der Waals surface area contributed by atoms with Crippen molar-refractivity contribution in [1.82, 2.24) is 0 Å². The van der Waals surface area contributed by atoms with Gasteiger partial charge in [-0.25, -0.2) is 4.79 Å². The molecule has 0 aliphatic carbocycles. The Balaban J connectivity index is 3.07. The van der Waals surface area contributed by atoms with E-state index < -0.39 is 10.9 Å². The lowest BCUT2D eigenvalue weighted by Crippen LogP contribution is -2.20. The molecule has 116 valence electrons. The zero-order valence-electron chi connectivity index (χ0n) is 12.5. The van der Waals surface area contributed by atoms with Crippen LogP contribution in [-0.2, 0) is 0 Å². The molecule has 0 saturated heterocycles. The number of unbranched alkanes of at least 4 members (excludes halogenated alkanes) is 1. The minimum Gasteiger partial charge on any atom is -0.477 e. The molecule has 0 saturated carbocycles. The third kappa shape index (κ3) is 4.73. The van der Waals surface area contributed by atoms with E-state index >= 15 is 0 Å². The number of carboxylic acids is 1.